The molecule has 1 aromatic rings. The number of quaternary nitrogens is 1. The number of carbonyl (C=O) groups excluding carboxylic acids is 1. The highest BCUT2D eigenvalue weighted by molar-refractivity contribution is 5.85. The Morgan fingerprint density at radius 2 is 1.94 bits per heavy atom. The van der Waals surface area contributed by atoms with Crippen molar-refractivity contribution in [3.8, 4) is 0 Å². The zero-order chi connectivity index (χ0) is 11.3. The average molecular weight is 241 g/mol. The van der Waals surface area contributed by atoms with E-state index in [1.54, 1.807) is 0 Å². The highest BCUT2D eigenvalue weighted by Crippen LogP contribution is 2.05. The van der Waals surface area contributed by atoms with E-state index in [0.717, 1.165) is 6.54 Å². The van der Waals surface area contributed by atoms with E-state index in [2.05, 4.69) is 12.0 Å². The molecule has 1 amide bonds. The van der Waals surface area contributed by atoms with Crippen LogP contribution in [0.3, 0.4) is 0 Å². The Kier molecular flexibility index (Phi) is 5.78. The van der Waals surface area contributed by atoms with E-state index in [1.165, 1.54) is 11.6 Å². The van der Waals surface area contributed by atoms with Crippen LogP contribution in [0.5, 0.6) is 0 Å². The first-order valence-corrected chi connectivity index (χ1v) is 4.85. The van der Waals surface area contributed by atoms with Gasteiger partial charge < -0.3 is 12.4 Å². The van der Waals surface area contributed by atoms with Crippen molar-refractivity contribution in [2.24, 2.45) is 0 Å². The Balaban J connectivity index is 0.00000225. The van der Waals surface area contributed by atoms with Gasteiger partial charge in [0, 0.05) is 11.6 Å². The van der Waals surface area contributed by atoms with Crippen LogP contribution in [-0.2, 0) is 11.3 Å². The van der Waals surface area contributed by atoms with Crippen molar-refractivity contribution < 1.29 is 21.8 Å². The molecule has 1 N–H and O–H groups in total. The van der Waals surface area contributed by atoms with Crippen LogP contribution in [0.15, 0.2) is 43.0 Å². The second-order valence-electron chi connectivity index (χ2n) is 4.01. The molecule has 0 fully saturated rings. The van der Waals surface area contributed by atoms with Gasteiger partial charge in [0.15, 0.2) is 0 Å². The van der Waals surface area contributed by atoms with Crippen molar-refractivity contribution in [1.29, 1.82) is 0 Å². The van der Waals surface area contributed by atoms with Gasteiger partial charge in [0.1, 0.15) is 6.54 Å². The number of nitrogens with zero attached hydrogens (tertiary/aromatic N) is 1. The van der Waals surface area contributed by atoms with Gasteiger partial charge >= 0.3 is 0 Å². The number of hydrogen-bond acceptors (Lipinski definition) is 1. The van der Waals surface area contributed by atoms with E-state index < -0.39 is 0 Å². The first kappa shape index (κ1) is 14.7. The molecule has 0 aliphatic heterocycles. The maximum atomic E-state index is 11.2. The fourth-order valence-electron chi connectivity index (χ4n) is 1.42. The molecule has 0 spiro atoms. The van der Waals surface area contributed by atoms with E-state index in [9.17, 15) is 4.79 Å². The fraction of sp³-hybridized carbons (Fsp3) is 0.250. The number of amides is 1. The third-order valence-electron chi connectivity index (χ3n) is 2.02. The van der Waals surface area contributed by atoms with Gasteiger partial charge in [-0.1, -0.05) is 36.9 Å². The van der Waals surface area contributed by atoms with Crippen LogP contribution in [0.1, 0.15) is 5.56 Å². The van der Waals surface area contributed by atoms with Gasteiger partial charge in [0.25, 0.3) is 5.91 Å². The smallest absolute Gasteiger partial charge is 0.288 e. The molecule has 0 saturated heterocycles. The second-order valence-corrected chi connectivity index (χ2v) is 4.01. The summed E-state index contributed by atoms with van der Waals surface area (Å²) in [6.07, 6.45) is 1.28. The average Bonchev–Trinajstić information content (AvgIpc) is 2.17. The van der Waals surface area contributed by atoms with E-state index >= 15 is 0 Å². The van der Waals surface area contributed by atoms with Crippen LogP contribution < -0.4 is 17.8 Å². The molecule has 0 heterocycles. The molecule has 0 atom stereocenters. The maximum Gasteiger partial charge on any atom is 0.288 e. The lowest BCUT2D eigenvalue weighted by Crippen LogP contribution is -3.00. The first-order chi connectivity index (χ1) is 7.03. The molecule has 16 heavy (non-hydrogen) atoms. The molecule has 88 valence electrons. The van der Waals surface area contributed by atoms with Crippen molar-refractivity contribution in [3.63, 3.8) is 0 Å². The van der Waals surface area contributed by atoms with Crippen LogP contribution in [0, 0.1) is 0 Å². The molecule has 0 unspecified atom stereocenters. The number of nitrogens with one attached hydrogen (secondary N) is 1. The summed E-state index contributed by atoms with van der Waals surface area (Å²) < 4.78 is 0.412. The Morgan fingerprint density at radius 3 is 2.44 bits per heavy atom. The van der Waals surface area contributed by atoms with Crippen LogP contribution in [-0.4, -0.2) is 24.6 Å². The van der Waals surface area contributed by atoms with Gasteiger partial charge in [-0.05, 0) is 0 Å². The predicted molar refractivity (Wildman–Crippen MR) is 60.6 cm³/mol. The second kappa shape index (κ2) is 6.30. The van der Waals surface area contributed by atoms with Crippen molar-refractivity contribution in [2.45, 2.75) is 6.54 Å². The highest BCUT2D eigenvalue weighted by Gasteiger charge is 2.17. The van der Waals surface area contributed by atoms with Gasteiger partial charge in [0.2, 0.25) is 0 Å². The Labute approximate surface area is 103 Å². The molecule has 0 saturated carbocycles. The number of halogens is 1. The molecule has 1 aromatic carbocycles. The molecular formula is C12H17ClN2O. The lowest BCUT2D eigenvalue weighted by molar-refractivity contribution is -0.937. The summed E-state index contributed by atoms with van der Waals surface area (Å²) in [7, 11) is 3.88. The standard InChI is InChI=1S/C12H16N2O.ClH/c1-4-12(15)13-14(2,3)10-11-8-6-5-7-9-11;/h4-9H,1,10H2,2-3H3;1H. The normalized spacial score (nSPS) is 10.1. The summed E-state index contributed by atoms with van der Waals surface area (Å²) in [5.41, 5.74) is 4.02. The van der Waals surface area contributed by atoms with Crippen LogP contribution in [0.2, 0.25) is 0 Å². The van der Waals surface area contributed by atoms with Crippen LogP contribution in [0.4, 0.5) is 0 Å². The Hall–Kier alpha value is -1.32. The number of hydrogen-bond donors (Lipinski definition) is 1. The lowest BCUT2D eigenvalue weighted by Gasteiger charge is -2.28. The molecule has 1 rings (SSSR count). The topological polar surface area (TPSA) is 29.1 Å². The zero-order valence-corrected chi connectivity index (χ0v) is 10.4. The summed E-state index contributed by atoms with van der Waals surface area (Å²) in [4.78, 5) is 11.2. The van der Waals surface area contributed by atoms with E-state index in [1.807, 2.05) is 44.4 Å². The molecular weight excluding hydrogens is 224 g/mol. The maximum absolute atomic E-state index is 11.2. The SMILES string of the molecule is C=CC(=O)N[N+](C)(C)Cc1ccccc1.[Cl-]. The number of rotatable bonds is 4. The summed E-state index contributed by atoms with van der Waals surface area (Å²) in [5, 5.41) is 0. The van der Waals surface area contributed by atoms with Crippen molar-refractivity contribution >= 4 is 5.91 Å². The van der Waals surface area contributed by atoms with E-state index in [0.29, 0.717) is 4.59 Å². The number of carbonyl (C=O) groups is 1. The third kappa shape index (κ3) is 4.96. The fourth-order valence-corrected chi connectivity index (χ4v) is 1.42. The number of benzene rings is 1. The molecule has 0 aromatic heterocycles. The minimum atomic E-state index is -0.157. The van der Waals surface area contributed by atoms with Gasteiger partial charge in [-0.3, -0.25) is 4.79 Å². The van der Waals surface area contributed by atoms with E-state index in [-0.39, 0.29) is 18.3 Å². The largest absolute Gasteiger partial charge is 1.00 e. The molecule has 4 heteroatoms. The monoisotopic (exact) mass is 240 g/mol. The van der Waals surface area contributed by atoms with Crippen molar-refractivity contribution in [2.75, 3.05) is 14.1 Å². The third-order valence-corrected chi connectivity index (χ3v) is 2.02. The summed E-state index contributed by atoms with van der Waals surface area (Å²) in [5.74, 6) is -0.157. The van der Waals surface area contributed by atoms with Crippen molar-refractivity contribution in [3.05, 3.63) is 48.6 Å². The molecule has 0 aliphatic rings. The zero-order valence-electron chi connectivity index (χ0n) is 9.61. The Bertz CT molecular complexity index is 349. The van der Waals surface area contributed by atoms with Gasteiger partial charge in [0.05, 0.1) is 14.1 Å². The van der Waals surface area contributed by atoms with Crippen molar-refractivity contribution in [1.82, 2.24) is 5.43 Å². The predicted octanol–water partition coefficient (Wildman–Crippen LogP) is -1.52. The molecule has 0 aliphatic carbocycles. The molecule has 0 bridgehead atoms. The summed E-state index contributed by atoms with van der Waals surface area (Å²) in [6, 6.07) is 10.0. The van der Waals surface area contributed by atoms with Crippen LogP contribution in [0.25, 0.3) is 0 Å². The summed E-state index contributed by atoms with van der Waals surface area (Å²) in [6.45, 7) is 4.18. The minimum Gasteiger partial charge on any atom is -1.00 e. The van der Waals surface area contributed by atoms with E-state index in [4.69, 9.17) is 0 Å². The summed E-state index contributed by atoms with van der Waals surface area (Å²) >= 11 is 0. The minimum absolute atomic E-state index is 0. The highest BCUT2D eigenvalue weighted by atomic mass is 35.5. The quantitative estimate of drug-likeness (QED) is 0.387. The molecule has 3 nitrogen and oxygen atoms in total. The van der Waals surface area contributed by atoms with Gasteiger partial charge in [-0.25, -0.2) is 4.59 Å². The first-order valence-electron chi connectivity index (χ1n) is 4.85. The van der Waals surface area contributed by atoms with Crippen LogP contribution >= 0.6 is 0 Å². The molecule has 0 radical (unpaired) electrons. The van der Waals surface area contributed by atoms with Gasteiger partial charge in [-0.15, -0.1) is 0 Å². The van der Waals surface area contributed by atoms with Gasteiger partial charge in [-0.2, -0.15) is 5.43 Å². The Morgan fingerprint density at radius 1 is 1.38 bits per heavy atom. The lowest BCUT2D eigenvalue weighted by atomic mass is 10.2.